The molecule has 0 aliphatic carbocycles. The van der Waals surface area contributed by atoms with Crippen LogP contribution in [0.5, 0.6) is 0 Å². The Labute approximate surface area is 291 Å². The normalized spacial score (nSPS) is 11.9. The number of aromatic carboxylic acids is 1. The minimum absolute atomic E-state index is 0.0550. The maximum atomic E-state index is 13.3. The maximum absolute atomic E-state index is 13.3. The summed E-state index contributed by atoms with van der Waals surface area (Å²) in [5, 5.41) is 37.3. The Bertz CT molecular complexity index is 1750. The monoisotopic (exact) mass is 710 g/mol. The molecule has 0 radical (unpaired) electrons. The number of nitrogens with zero attached hydrogens (tertiary/aromatic N) is 1. The van der Waals surface area contributed by atoms with Gasteiger partial charge in [-0.15, -0.1) is 0 Å². The van der Waals surface area contributed by atoms with E-state index in [-0.39, 0.29) is 36.3 Å². The van der Waals surface area contributed by atoms with Gasteiger partial charge >= 0.3 is 29.9 Å². The van der Waals surface area contributed by atoms with Crippen LogP contribution in [-0.2, 0) is 35.1 Å². The summed E-state index contributed by atoms with van der Waals surface area (Å²) in [4.78, 5) is 86.9. The Kier molecular flexibility index (Phi) is 14.6. The molecule has 266 valence electrons. The predicted molar refractivity (Wildman–Crippen MR) is 185 cm³/mol. The molecular formula is C34H38N4O11S. The first-order valence-electron chi connectivity index (χ1n) is 15.4. The number of hydrogen-bond acceptors (Lipinski definition) is 9. The molecule has 3 aromatic rings. The number of nitrogens with one attached hydrogen (secondary N) is 3. The average molecular weight is 711 g/mol. The third-order valence-corrected chi connectivity index (χ3v) is 8.23. The van der Waals surface area contributed by atoms with E-state index >= 15 is 0 Å². The van der Waals surface area contributed by atoms with Crippen LogP contribution in [0.15, 0.2) is 60.7 Å². The summed E-state index contributed by atoms with van der Waals surface area (Å²) < 4.78 is 4.71. The van der Waals surface area contributed by atoms with E-state index in [0.717, 1.165) is 12.0 Å². The summed E-state index contributed by atoms with van der Waals surface area (Å²) in [6, 6.07) is 13.0. The van der Waals surface area contributed by atoms with Gasteiger partial charge in [0.05, 0.1) is 24.0 Å². The number of ether oxygens (including phenoxy) is 1. The van der Waals surface area contributed by atoms with Gasteiger partial charge < -0.3 is 36.0 Å². The van der Waals surface area contributed by atoms with Crippen LogP contribution in [0.2, 0.25) is 0 Å². The third-order valence-electron chi connectivity index (χ3n) is 7.59. The molecule has 2 atom stereocenters. The number of methoxy groups -OCH3 is 1. The van der Waals surface area contributed by atoms with E-state index in [0.29, 0.717) is 41.4 Å². The number of carbonyl (C=O) groups is 7. The first kappa shape index (κ1) is 38.8. The number of rotatable bonds is 17. The number of unbranched alkanes of at least 4 members (excludes halogenated alkanes) is 1. The van der Waals surface area contributed by atoms with Gasteiger partial charge in [0.2, 0.25) is 11.8 Å². The van der Waals surface area contributed by atoms with Crippen molar-refractivity contribution < 1.29 is 53.6 Å². The van der Waals surface area contributed by atoms with Crippen LogP contribution in [-0.4, -0.2) is 94.8 Å². The number of hydrogen-bond donors (Lipinski definition) is 6. The Balaban J connectivity index is 1.82. The second-order valence-corrected chi connectivity index (χ2v) is 11.9. The highest BCUT2D eigenvalue weighted by atomic mass is 32.2. The molecule has 0 aromatic heterocycles. The highest BCUT2D eigenvalue weighted by Gasteiger charge is 2.30. The van der Waals surface area contributed by atoms with Crippen molar-refractivity contribution in [2.75, 3.05) is 30.6 Å². The van der Waals surface area contributed by atoms with Crippen molar-refractivity contribution in [3.8, 4) is 0 Å². The lowest BCUT2D eigenvalue weighted by atomic mass is 9.96. The van der Waals surface area contributed by atoms with Gasteiger partial charge in [-0.25, -0.2) is 19.2 Å². The standard InChI is InChI=1S/C34H38N4O11S/c1-49-34(48)37-25(29(40)35-17-8-7-13-28(39)36-24(32(44)45)16-18-50-2)19-20-14-15-27(22-10-4-3-9-21(20)22)38(30(41)33(46)47)26-12-6-5-11-23(26)31(42)43/h3-6,9-12,14-15,24-25H,7-8,13,16-19H2,1-2H3,(H,35,40)(H,36,39)(H,37,48)(H,42,43)(H,44,45)(H,46,47)/t24-,25-/m0/s1. The molecule has 0 spiro atoms. The van der Waals surface area contributed by atoms with E-state index in [9.17, 15) is 48.9 Å². The van der Waals surface area contributed by atoms with Gasteiger partial charge in [0, 0.05) is 24.8 Å². The third kappa shape index (κ3) is 10.4. The van der Waals surface area contributed by atoms with Crippen LogP contribution < -0.4 is 20.9 Å². The molecule has 4 amide bonds. The fourth-order valence-electron chi connectivity index (χ4n) is 5.15. The number of aliphatic carboxylic acids is 2. The highest BCUT2D eigenvalue weighted by molar-refractivity contribution is 7.98. The molecular weight excluding hydrogens is 672 g/mol. The SMILES string of the molecule is COC(=O)N[C@@H](Cc1ccc(N(C(=O)C(=O)O)c2ccccc2C(=O)O)c2ccccc12)C(=O)NCCCCC(=O)N[C@@H](CCSC)C(=O)O. The predicted octanol–water partition coefficient (Wildman–Crippen LogP) is 3.16. The Morgan fingerprint density at radius 3 is 2.14 bits per heavy atom. The summed E-state index contributed by atoms with van der Waals surface area (Å²) in [6.45, 7) is 0.148. The number of carbonyl (C=O) groups excluding carboxylic acids is 4. The Morgan fingerprint density at radius 1 is 0.820 bits per heavy atom. The first-order valence-corrected chi connectivity index (χ1v) is 16.8. The van der Waals surface area contributed by atoms with Crippen LogP contribution in [0, 0.1) is 0 Å². The zero-order valence-corrected chi connectivity index (χ0v) is 28.2. The van der Waals surface area contributed by atoms with Crippen LogP contribution in [0.4, 0.5) is 16.2 Å². The van der Waals surface area contributed by atoms with E-state index in [2.05, 4.69) is 16.0 Å². The van der Waals surface area contributed by atoms with Crippen molar-refractivity contribution in [3.05, 3.63) is 71.8 Å². The van der Waals surface area contributed by atoms with Crippen LogP contribution in [0.1, 0.15) is 41.6 Å². The van der Waals surface area contributed by atoms with Crippen LogP contribution in [0.25, 0.3) is 10.8 Å². The molecule has 0 heterocycles. The molecule has 0 bridgehead atoms. The smallest absolute Gasteiger partial charge is 0.407 e. The minimum atomic E-state index is -1.81. The summed E-state index contributed by atoms with van der Waals surface area (Å²) in [7, 11) is 1.14. The van der Waals surface area contributed by atoms with Crippen molar-refractivity contribution in [1.82, 2.24) is 16.0 Å². The zero-order valence-electron chi connectivity index (χ0n) is 27.3. The summed E-state index contributed by atoms with van der Waals surface area (Å²) in [5.74, 6) is -6.09. The average Bonchev–Trinajstić information content (AvgIpc) is 3.10. The Morgan fingerprint density at radius 2 is 1.50 bits per heavy atom. The van der Waals surface area contributed by atoms with Crippen molar-refractivity contribution in [3.63, 3.8) is 0 Å². The van der Waals surface area contributed by atoms with E-state index in [4.69, 9.17) is 4.74 Å². The van der Waals surface area contributed by atoms with Gasteiger partial charge in [0.15, 0.2) is 0 Å². The molecule has 0 saturated carbocycles. The second kappa shape index (κ2) is 18.8. The lowest BCUT2D eigenvalue weighted by Gasteiger charge is -2.25. The van der Waals surface area contributed by atoms with Gasteiger partial charge in [-0.1, -0.05) is 42.5 Å². The summed E-state index contributed by atoms with van der Waals surface area (Å²) in [6.07, 6.45) is 2.00. The summed E-state index contributed by atoms with van der Waals surface area (Å²) in [5.41, 5.74) is 0.145. The summed E-state index contributed by atoms with van der Waals surface area (Å²) >= 11 is 1.47. The number of thioether (sulfide) groups is 1. The molecule has 0 aliphatic heterocycles. The van der Waals surface area contributed by atoms with Crippen LogP contribution in [0.3, 0.4) is 0 Å². The lowest BCUT2D eigenvalue weighted by molar-refractivity contribution is -0.148. The van der Waals surface area contributed by atoms with E-state index in [1.807, 2.05) is 6.26 Å². The topological polar surface area (TPSA) is 229 Å². The number of fused-ring (bicyclic) bond motifs is 1. The highest BCUT2D eigenvalue weighted by Crippen LogP contribution is 2.36. The van der Waals surface area contributed by atoms with Gasteiger partial charge in [-0.05, 0) is 60.4 Å². The van der Waals surface area contributed by atoms with Gasteiger partial charge in [0.25, 0.3) is 0 Å². The molecule has 15 nitrogen and oxygen atoms in total. The molecule has 6 N–H and O–H groups in total. The number of alkyl carbamates (subject to hydrolysis) is 1. The quantitative estimate of drug-likeness (QED) is 0.0877. The van der Waals surface area contributed by atoms with Gasteiger partial charge in [-0.3, -0.25) is 19.3 Å². The molecule has 50 heavy (non-hydrogen) atoms. The lowest BCUT2D eigenvalue weighted by Crippen LogP contribution is -2.48. The molecule has 16 heteroatoms. The van der Waals surface area contributed by atoms with Crippen molar-refractivity contribution in [1.29, 1.82) is 0 Å². The number of para-hydroxylation sites is 1. The van der Waals surface area contributed by atoms with E-state index in [1.165, 1.54) is 42.1 Å². The number of benzene rings is 3. The number of carboxylic acid groups (broad SMARTS) is 3. The maximum Gasteiger partial charge on any atom is 0.407 e. The van der Waals surface area contributed by atoms with Crippen molar-refractivity contribution >= 4 is 75.6 Å². The van der Waals surface area contributed by atoms with E-state index < -0.39 is 53.8 Å². The zero-order chi connectivity index (χ0) is 36.8. The van der Waals surface area contributed by atoms with Crippen molar-refractivity contribution in [2.24, 2.45) is 0 Å². The Hall–Kier alpha value is -5.64. The van der Waals surface area contributed by atoms with Gasteiger partial charge in [-0.2, -0.15) is 11.8 Å². The molecule has 3 aromatic carbocycles. The second-order valence-electron chi connectivity index (χ2n) is 10.9. The van der Waals surface area contributed by atoms with E-state index in [1.54, 1.807) is 30.3 Å². The molecule has 3 rings (SSSR count). The van der Waals surface area contributed by atoms with Crippen LogP contribution >= 0.6 is 11.8 Å². The molecule has 0 fully saturated rings. The number of amides is 4. The molecule has 0 aliphatic rings. The molecule has 0 saturated heterocycles. The largest absolute Gasteiger partial charge is 0.480 e. The molecule has 0 unspecified atom stereocenters. The number of anilines is 2. The number of carboxylic acids is 3. The minimum Gasteiger partial charge on any atom is -0.480 e. The fourth-order valence-corrected chi connectivity index (χ4v) is 5.62. The van der Waals surface area contributed by atoms with Crippen molar-refractivity contribution in [2.45, 2.75) is 44.2 Å². The fraction of sp³-hybridized carbons (Fsp3) is 0.324. The van der Waals surface area contributed by atoms with Gasteiger partial charge in [0.1, 0.15) is 12.1 Å². The first-order chi connectivity index (χ1) is 23.9.